The molecule has 1 aliphatic rings. The summed E-state index contributed by atoms with van der Waals surface area (Å²) < 4.78 is 38.6. The molecule has 1 saturated heterocycles. The highest BCUT2D eigenvalue weighted by atomic mass is 32.2. The lowest BCUT2D eigenvalue weighted by atomic mass is 10.0. The van der Waals surface area contributed by atoms with Crippen molar-refractivity contribution in [3.63, 3.8) is 0 Å². The number of halogens is 1. The maximum Gasteiger partial charge on any atom is 0.243 e. The van der Waals surface area contributed by atoms with Gasteiger partial charge in [0.25, 0.3) is 0 Å². The van der Waals surface area contributed by atoms with E-state index >= 15 is 0 Å². The highest BCUT2D eigenvalue weighted by molar-refractivity contribution is 7.92. The van der Waals surface area contributed by atoms with Crippen LogP contribution in [0.4, 0.5) is 10.1 Å². The molecular weight excluding hydrogens is 307 g/mol. The third-order valence-corrected chi connectivity index (χ3v) is 4.94. The van der Waals surface area contributed by atoms with Crippen LogP contribution in [0.3, 0.4) is 0 Å². The van der Waals surface area contributed by atoms with Gasteiger partial charge < -0.3 is 4.90 Å². The van der Waals surface area contributed by atoms with E-state index in [2.05, 4.69) is 6.92 Å². The zero-order chi connectivity index (χ0) is 16.3. The number of piperidine rings is 1. The molecule has 0 saturated carbocycles. The molecule has 1 aliphatic heterocycles. The van der Waals surface area contributed by atoms with Crippen LogP contribution in [-0.4, -0.2) is 45.1 Å². The first-order valence-electron chi connectivity index (χ1n) is 7.29. The first-order chi connectivity index (χ1) is 10.3. The van der Waals surface area contributed by atoms with Gasteiger partial charge in [0.1, 0.15) is 12.4 Å². The number of carbonyl (C=O) groups excluding carboxylic acids is 1. The second-order valence-electron chi connectivity index (χ2n) is 5.81. The van der Waals surface area contributed by atoms with Crippen LogP contribution in [0.5, 0.6) is 0 Å². The fourth-order valence-electron chi connectivity index (χ4n) is 2.67. The maximum absolute atomic E-state index is 13.9. The molecule has 5 nitrogen and oxygen atoms in total. The Hall–Kier alpha value is -1.63. The summed E-state index contributed by atoms with van der Waals surface area (Å²) in [5, 5.41) is 0. The van der Waals surface area contributed by atoms with Crippen molar-refractivity contribution in [2.45, 2.75) is 19.8 Å². The molecule has 0 spiro atoms. The molecule has 0 aromatic heterocycles. The quantitative estimate of drug-likeness (QED) is 0.847. The summed E-state index contributed by atoms with van der Waals surface area (Å²) >= 11 is 0. The smallest absolute Gasteiger partial charge is 0.243 e. The fraction of sp³-hybridized carbons (Fsp3) is 0.533. The largest absolute Gasteiger partial charge is 0.341 e. The molecule has 0 radical (unpaired) electrons. The summed E-state index contributed by atoms with van der Waals surface area (Å²) in [6.07, 6.45) is 2.95. The molecule has 1 heterocycles. The molecular formula is C15H21FN2O3S. The monoisotopic (exact) mass is 328 g/mol. The van der Waals surface area contributed by atoms with E-state index in [1.807, 2.05) is 0 Å². The Morgan fingerprint density at radius 1 is 1.41 bits per heavy atom. The molecule has 1 atom stereocenters. The zero-order valence-electron chi connectivity index (χ0n) is 12.8. The standard InChI is InChI=1S/C15H21FN2O3S/c1-12-6-5-9-17(10-12)15(19)11-18(22(2,20)21)14-8-4-3-7-13(14)16/h3-4,7-8,12H,5-6,9-11H2,1-2H3/t12-/m1/s1. The summed E-state index contributed by atoms with van der Waals surface area (Å²) in [5.74, 6) is -0.550. The Bertz CT molecular complexity index is 648. The third-order valence-electron chi connectivity index (χ3n) is 3.81. The van der Waals surface area contributed by atoms with E-state index in [9.17, 15) is 17.6 Å². The number of anilines is 1. The second kappa shape index (κ2) is 6.64. The van der Waals surface area contributed by atoms with Crippen molar-refractivity contribution in [3.8, 4) is 0 Å². The molecule has 1 aromatic carbocycles. The molecule has 122 valence electrons. The minimum Gasteiger partial charge on any atom is -0.341 e. The topological polar surface area (TPSA) is 57.7 Å². The zero-order valence-corrected chi connectivity index (χ0v) is 13.6. The van der Waals surface area contributed by atoms with E-state index in [1.165, 1.54) is 18.2 Å². The lowest BCUT2D eigenvalue weighted by Crippen LogP contribution is -2.46. The minimum absolute atomic E-state index is 0.0941. The number of hydrogen-bond acceptors (Lipinski definition) is 3. The van der Waals surface area contributed by atoms with E-state index in [1.54, 1.807) is 11.0 Å². The van der Waals surface area contributed by atoms with Crippen molar-refractivity contribution < 1.29 is 17.6 Å². The Labute approximate surface area is 130 Å². The lowest BCUT2D eigenvalue weighted by Gasteiger charge is -2.33. The van der Waals surface area contributed by atoms with Crippen molar-refractivity contribution in [2.75, 3.05) is 30.2 Å². The first kappa shape index (κ1) is 16.7. The minimum atomic E-state index is -3.74. The average molecular weight is 328 g/mol. The number of benzene rings is 1. The van der Waals surface area contributed by atoms with Gasteiger partial charge in [-0.1, -0.05) is 19.1 Å². The van der Waals surface area contributed by atoms with Crippen molar-refractivity contribution in [1.82, 2.24) is 4.90 Å². The average Bonchev–Trinajstić information content (AvgIpc) is 2.44. The maximum atomic E-state index is 13.9. The molecule has 2 rings (SSSR count). The highest BCUT2D eigenvalue weighted by Gasteiger charge is 2.27. The van der Waals surface area contributed by atoms with Crippen LogP contribution in [-0.2, 0) is 14.8 Å². The molecule has 0 N–H and O–H groups in total. The van der Waals surface area contributed by atoms with Gasteiger partial charge in [0.2, 0.25) is 15.9 Å². The predicted molar refractivity (Wildman–Crippen MR) is 83.6 cm³/mol. The molecule has 0 aliphatic carbocycles. The number of carbonyl (C=O) groups is 1. The van der Waals surface area contributed by atoms with E-state index < -0.39 is 15.8 Å². The summed E-state index contributed by atoms with van der Waals surface area (Å²) in [6, 6.07) is 5.57. The normalized spacial score (nSPS) is 19.0. The summed E-state index contributed by atoms with van der Waals surface area (Å²) in [7, 11) is -3.74. The number of amides is 1. The van der Waals surface area contributed by atoms with Gasteiger partial charge in [0, 0.05) is 13.1 Å². The fourth-order valence-corrected chi connectivity index (χ4v) is 3.52. The van der Waals surface area contributed by atoms with Crippen LogP contribution < -0.4 is 4.31 Å². The predicted octanol–water partition coefficient (Wildman–Crippen LogP) is 1.85. The Morgan fingerprint density at radius 3 is 2.68 bits per heavy atom. The van der Waals surface area contributed by atoms with Gasteiger partial charge in [0.05, 0.1) is 11.9 Å². The summed E-state index contributed by atoms with van der Waals surface area (Å²) in [5.41, 5.74) is -0.0941. The molecule has 22 heavy (non-hydrogen) atoms. The Balaban J connectivity index is 2.21. The second-order valence-corrected chi connectivity index (χ2v) is 7.72. The lowest BCUT2D eigenvalue weighted by molar-refractivity contribution is -0.131. The third kappa shape index (κ3) is 3.97. The first-order valence-corrected chi connectivity index (χ1v) is 9.14. The van der Waals surface area contributed by atoms with Gasteiger partial charge in [0.15, 0.2) is 0 Å². The molecule has 1 amide bonds. The number of rotatable bonds is 4. The number of sulfonamides is 1. The van der Waals surface area contributed by atoms with Crippen LogP contribution in [0.2, 0.25) is 0 Å². The van der Waals surface area contributed by atoms with E-state index in [0.717, 1.165) is 23.4 Å². The van der Waals surface area contributed by atoms with E-state index in [-0.39, 0.29) is 18.1 Å². The van der Waals surface area contributed by atoms with Crippen LogP contribution in [0.25, 0.3) is 0 Å². The highest BCUT2D eigenvalue weighted by Crippen LogP contribution is 2.22. The summed E-state index contributed by atoms with van der Waals surface area (Å²) in [4.78, 5) is 14.0. The van der Waals surface area contributed by atoms with Crippen LogP contribution in [0, 0.1) is 11.7 Å². The van der Waals surface area contributed by atoms with Crippen LogP contribution >= 0.6 is 0 Å². The molecule has 1 aromatic rings. The summed E-state index contributed by atoms with van der Waals surface area (Å²) in [6.45, 7) is 2.93. The molecule has 0 unspecified atom stereocenters. The van der Waals surface area contributed by atoms with Crippen LogP contribution in [0.1, 0.15) is 19.8 Å². The van der Waals surface area contributed by atoms with Crippen molar-refractivity contribution in [2.24, 2.45) is 5.92 Å². The van der Waals surface area contributed by atoms with E-state index in [4.69, 9.17) is 0 Å². The number of hydrogen-bond donors (Lipinski definition) is 0. The number of likely N-dealkylation sites (tertiary alicyclic amines) is 1. The van der Waals surface area contributed by atoms with Gasteiger partial charge in [-0.05, 0) is 30.9 Å². The van der Waals surface area contributed by atoms with Crippen molar-refractivity contribution in [3.05, 3.63) is 30.1 Å². The molecule has 0 bridgehead atoms. The Morgan fingerprint density at radius 2 is 2.09 bits per heavy atom. The number of nitrogens with zero attached hydrogens (tertiary/aromatic N) is 2. The van der Waals surface area contributed by atoms with Gasteiger partial charge in [-0.25, -0.2) is 12.8 Å². The van der Waals surface area contributed by atoms with E-state index in [0.29, 0.717) is 19.0 Å². The van der Waals surface area contributed by atoms with Crippen molar-refractivity contribution in [1.29, 1.82) is 0 Å². The van der Waals surface area contributed by atoms with Gasteiger partial charge in [-0.2, -0.15) is 0 Å². The van der Waals surface area contributed by atoms with Gasteiger partial charge in [-0.3, -0.25) is 9.10 Å². The molecule has 1 fully saturated rings. The van der Waals surface area contributed by atoms with Gasteiger partial charge >= 0.3 is 0 Å². The molecule has 7 heteroatoms. The SMILES string of the molecule is C[C@@H]1CCCN(C(=O)CN(c2ccccc2F)S(C)(=O)=O)C1. The number of para-hydroxylation sites is 1. The van der Waals surface area contributed by atoms with Crippen molar-refractivity contribution >= 4 is 21.6 Å². The van der Waals surface area contributed by atoms with Gasteiger partial charge in [-0.15, -0.1) is 0 Å². The Kier molecular flexibility index (Phi) is 5.05. The van der Waals surface area contributed by atoms with Crippen LogP contribution in [0.15, 0.2) is 24.3 Å².